The number of amides is 1. The van der Waals surface area contributed by atoms with E-state index >= 15 is 0 Å². The van der Waals surface area contributed by atoms with Crippen LogP contribution in [-0.4, -0.2) is 46.7 Å². The lowest BCUT2D eigenvalue weighted by Gasteiger charge is -2.34. The zero-order chi connectivity index (χ0) is 14.8. The summed E-state index contributed by atoms with van der Waals surface area (Å²) in [6.07, 6.45) is 1.44. The van der Waals surface area contributed by atoms with Crippen LogP contribution in [-0.2, 0) is 9.47 Å². The first kappa shape index (κ1) is 16.0. The van der Waals surface area contributed by atoms with Crippen LogP contribution in [0.25, 0.3) is 0 Å². The van der Waals surface area contributed by atoms with Gasteiger partial charge in [-0.05, 0) is 47.1 Å². The molecule has 19 heavy (non-hydrogen) atoms. The van der Waals surface area contributed by atoms with Crippen LogP contribution in [0.3, 0.4) is 0 Å². The average molecular weight is 271 g/mol. The Morgan fingerprint density at radius 2 is 2.11 bits per heavy atom. The maximum atomic E-state index is 12.3. The van der Waals surface area contributed by atoms with Crippen LogP contribution in [0.4, 0.5) is 4.79 Å². The molecule has 0 unspecified atom stereocenters. The molecule has 1 rings (SSSR count). The van der Waals surface area contributed by atoms with Gasteiger partial charge in [0, 0.05) is 0 Å². The van der Waals surface area contributed by atoms with E-state index in [2.05, 4.69) is 0 Å². The molecule has 0 spiro atoms. The van der Waals surface area contributed by atoms with Crippen LogP contribution in [0.1, 0.15) is 41.5 Å². The first-order chi connectivity index (χ1) is 8.57. The number of carbonyl (C=O) groups is 1. The molecule has 0 aromatic heterocycles. The Bertz CT molecular complexity index is 368. The summed E-state index contributed by atoms with van der Waals surface area (Å²) in [4.78, 5) is 13.9. The Hall–Kier alpha value is -1.07. The van der Waals surface area contributed by atoms with E-state index in [-0.39, 0.29) is 12.6 Å². The van der Waals surface area contributed by atoms with E-state index < -0.39 is 17.4 Å². The molecule has 0 radical (unpaired) electrons. The van der Waals surface area contributed by atoms with Gasteiger partial charge in [0.25, 0.3) is 0 Å². The maximum Gasteiger partial charge on any atom is 0.413 e. The fourth-order valence-electron chi connectivity index (χ4n) is 2.00. The van der Waals surface area contributed by atoms with Crippen molar-refractivity contribution in [1.82, 2.24) is 4.90 Å². The van der Waals surface area contributed by atoms with Crippen LogP contribution >= 0.6 is 0 Å². The van der Waals surface area contributed by atoms with Crippen molar-refractivity contribution in [1.29, 1.82) is 0 Å². The highest BCUT2D eigenvalue weighted by Gasteiger charge is 2.44. The number of rotatable bonds is 2. The molecule has 1 amide bonds. The molecular weight excluding hydrogens is 246 g/mol. The molecule has 0 aliphatic carbocycles. The number of aliphatic hydroxyl groups excluding tert-OH is 1. The van der Waals surface area contributed by atoms with Gasteiger partial charge in [-0.1, -0.05) is 6.08 Å². The first-order valence-corrected chi connectivity index (χ1v) is 6.51. The predicted molar refractivity (Wildman–Crippen MR) is 72.7 cm³/mol. The largest absolute Gasteiger partial charge is 0.444 e. The van der Waals surface area contributed by atoms with Gasteiger partial charge in [-0.3, -0.25) is 4.90 Å². The van der Waals surface area contributed by atoms with E-state index in [9.17, 15) is 4.79 Å². The highest BCUT2D eigenvalue weighted by atomic mass is 16.6. The van der Waals surface area contributed by atoms with Gasteiger partial charge in [0.15, 0.2) is 0 Å². The fraction of sp³-hybridized carbons (Fsp3) is 0.786. The van der Waals surface area contributed by atoms with Gasteiger partial charge in [0.05, 0.1) is 19.3 Å². The summed E-state index contributed by atoms with van der Waals surface area (Å²) in [5.41, 5.74) is -0.449. The molecule has 1 aliphatic heterocycles. The lowest BCUT2D eigenvalue weighted by Crippen LogP contribution is -2.49. The number of carbonyl (C=O) groups excluding carboxylic acids is 1. The molecule has 0 saturated carbocycles. The van der Waals surface area contributed by atoms with E-state index in [1.165, 1.54) is 0 Å². The lowest BCUT2D eigenvalue weighted by molar-refractivity contribution is -0.0610. The van der Waals surface area contributed by atoms with Crippen molar-refractivity contribution in [3.8, 4) is 0 Å². The number of ether oxygens (including phenoxy) is 2. The highest BCUT2D eigenvalue weighted by Crippen LogP contribution is 2.30. The standard InChI is InChI=1S/C14H25NO4/c1-10(8-16)7-11-9-18-14(5,6)15(11)12(17)19-13(2,3)4/h7,11,16H,8-9H2,1-6H3/t11-/m1/s1. The summed E-state index contributed by atoms with van der Waals surface area (Å²) in [5.74, 6) is 0. The third-order valence-corrected chi connectivity index (χ3v) is 2.84. The van der Waals surface area contributed by atoms with Crippen molar-refractivity contribution in [2.24, 2.45) is 0 Å². The van der Waals surface area contributed by atoms with Crippen molar-refractivity contribution in [2.75, 3.05) is 13.2 Å². The monoisotopic (exact) mass is 271 g/mol. The van der Waals surface area contributed by atoms with E-state index in [1.807, 2.05) is 47.6 Å². The average Bonchev–Trinajstić information content (AvgIpc) is 2.51. The molecule has 1 atom stereocenters. The SMILES string of the molecule is CC(=C[C@@H]1COC(C)(C)N1C(=O)OC(C)(C)C)CO. The van der Waals surface area contributed by atoms with Gasteiger partial charge in [0.1, 0.15) is 11.3 Å². The van der Waals surface area contributed by atoms with E-state index in [1.54, 1.807) is 4.90 Å². The molecule has 110 valence electrons. The van der Waals surface area contributed by atoms with Gasteiger partial charge < -0.3 is 14.6 Å². The van der Waals surface area contributed by atoms with Crippen LogP contribution < -0.4 is 0 Å². The third-order valence-electron chi connectivity index (χ3n) is 2.84. The smallest absolute Gasteiger partial charge is 0.413 e. The van der Waals surface area contributed by atoms with Crippen molar-refractivity contribution < 1.29 is 19.4 Å². The van der Waals surface area contributed by atoms with Crippen LogP contribution in [0.5, 0.6) is 0 Å². The van der Waals surface area contributed by atoms with Gasteiger partial charge in [-0.2, -0.15) is 0 Å². The maximum absolute atomic E-state index is 12.3. The summed E-state index contributed by atoms with van der Waals surface area (Å²) in [6.45, 7) is 11.4. The normalized spacial score (nSPS) is 23.6. The number of aliphatic hydroxyl groups is 1. The van der Waals surface area contributed by atoms with E-state index in [0.29, 0.717) is 6.61 Å². The van der Waals surface area contributed by atoms with Crippen LogP contribution in [0.15, 0.2) is 11.6 Å². The first-order valence-electron chi connectivity index (χ1n) is 6.51. The Kier molecular flexibility index (Phi) is 4.63. The molecule has 1 saturated heterocycles. The molecule has 0 bridgehead atoms. The third kappa shape index (κ3) is 4.21. The van der Waals surface area contributed by atoms with Crippen molar-refractivity contribution in [3.63, 3.8) is 0 Å². The molecule has 1 fully saturated rings. The summed E-state index contributed by atoms with van der Waals surface area (Å²) in [5, 5.41) is 9.09. The molecule has 1 aliphatic rings. The molecule has 5 heteroatoms. The van der Waals surface area contributed by atoms with Gasteiger partial charge in [0.2, 0.25) is 0 Å². The summed E-state index contributed by atoms with van der Waals surface area (Å²) < 4.78 is 11.1. The quantitative estimate of drug-likeness (QED) is 0.783. The van der Waals surface area contributed by atoms with Crippen molar-refractivity contribution in [3.05, 3.63) is 11.6 Å². The molecule has 0 aromatic rings. The minimum atomic E-state index is -0.709. The summed E-state index contributed by atoms with van der Waals surface area (Å²) >= 11 is 0. The van der Waals surface area contributed by atoms with E-state index in [0.717, 1.165) is 5.57 Å². The van der Waals surface area contributed by atoms with E-state index in [4.69, 9.17) is 14.6 Å². The topological polar surface area (TPSA) is 59.0 Å². The fourth-order valence-corrected chi connectivity index (χ4v) is 2.00. The second-order valence-electron chi connectivity index (χ2n) is 6.35. The summed E-state index contributed by atoms with van der Waals surface area (Å²) in [6, 6.07) is -0.211. The Morgan fingerprint density at radius 3 is 2.58 bits per heavy atom. The number of hydrogen-bond acceptors (Lipinski definition) is 4. The second-order valence-corrected chi connectivity index (χ2v) is 6.35. The van der Waals surface area contributed by atoms with Crippen molar-refractivity contribution in [2.45, 2.75) is 58.9 Å². The minimum absolute atomic E-state index is 0.0287. The summed E-state index contributed by atoms with van der Waals surface area (Å²) in [7, 11) is 0. The van der Waals surface area contributed by atoms with Gasteiger partial charge in [-0.25, -0.2) is 4.79 Å². The Morgan fingerprint density at radius 1 is 1.53 bits per heavy atom. The number of hydrogen-bond donors (Lipinski definition) is 1. The number of nitrogens with zero attached hydrogens (tertiary/aromatic N) is 1. The highest BCUT2D eigenvalue weighted by molar-refractivity contribution is 5.70. The zero-order valence-electron chi connectivity index (χ0n) is 12.7. The molecule has 0 aromatic carbocycles. The van der Waals surface area contributed by atoms with Crippen molar-refractivity contribution >= 4 is 6.09 Å². The van der Waals surface area contributed by atoms with Gasteiger partial charge >= 0.3 is 6.09 Å². The molecule has 5 nitrogen and oxygen atoms in total. The van der Waals surface area contributed by atoms with Gasteiger partial charge in [-0.15, -0.1) is 0 Å². The Labute approximate surface area is 115 Å². The minimum Gasteiger partial charge on any atom is -0.444 e. The van der Waals surface area contributed by atoms with Crippen LogP contribution in [0.2, 0.25) is 0 Å². The predicted octanol–water partition coefficient (Wildman–Crippen LogP) is 2.30. The molecular formula is C14H25NO4. The molecule has 1 heterocycles. The zero-order valence-corrected chi connectivity index (χ0v) is 12.7. The lowest BCUT2D eigenvalue weighted by atomic mass is 10.1. The van der Waals surface area contributed by atoms with Crippen LogP contribution in [0, 0.1) is 0 Å². The Balaban J connectivity index is 2.93. The molecule has 1 N–H and O–H groups in total. The second kappa shape index (κ2) is 5.51.